The Bertz CT molecular complexity index is 995. The highest BCUT2D eigenvalue weighted by molar-refractivity contribution is 5.95. The molecule has 2 atom stereocenters. The molecule has 4 rings (SSSR count). The maximum atomic E-state index is 14.8. The number of hydrogen-bond acceptors (Lipinski definition) is 2. The molecule has 1 saturated carbocycles. The Labute approximate surface area is 171 Å². The van der Waals surface area contributed by atoms with E-state index in [1.165, 1.54) is 0 Å². The lowest BCUT2D eigenvalue weighted by Gasteiger charge is -2.25. The molecule has 0 radical (unpaired) electrons. The Morgan fingerprint density at radius 2 is 1.97 bits per heavy atom. The van der Waals surface area contributed by atoms with Gasteiger partial charge in [0.2, 0.25) is 0 Å². The normalized spacial score (nSPS) is 19.0. The van der Waals surface area contributed by atoms with Gasteiger partial charge in [-0.15, -0.1) is 0 Å². The van der Waals surface area contributed by atoms with Crippen molar-refractivity contribution >= 4 is 16.8 Å². The van der Waals surface area contributed by atoms with E-state index in [0.717, 1.165) is 43.3 Å². The van der Waals surface area contributed by atoms with Crippen molar-refractivity contribution in [2.75, 3.05) is 13.6 Å². The number of rotatable bonds is 6. The van der Waals surface area contributed by atoms with Crippen LogP contribution in [0.2, 0.25) is 0 Å². The fraction of sp³-hybridized carbons (Fsp3) is 0.375. The average molecular weight is 394 g/mol. The largest absolute Gasteiger partial charge is 0.361 e. The fourth-order valence-electron chi connectivity index (χ4n) is 4.32. The van der Waals surface area contributed by atoms with Crippen molar-refractivity contribution in [3.05, 3.63) is 60.0 Å². The first-order valence-electron chi connectivity index (χ1n) is 10.4. The van der Waals surface area contributed by atoms with Crippen LogP contribution in [0, 0.1) is 5.82 Å². The maximum Gasteiger partial charge on any atom is 0.253 e. The molecule has 1 aromatic heterocycles. The van der Waals surface area contributed by atoms with E-state index in [4.69, 9.17) is 0 Å². The molecule has 1 aliphatic rings. The van der Waals surface area contributed by atoms with E-state index in [-0.39, 0.29) is 17.8 Å². The predicted octanol–water partition coefficient (Wildman–Crippen LogP) is 4.97. The van der Waals surface area contributed by atoms with Gasteiger partial charge in [0.05, 0.1) is 0 Å². The molecule has 2 N–H and O–H groups in total. The van der Waals surface area contributed by atoms with Crippen molar-refractivity contribution in [3.63, 3.8) is 0 Å². The first-order chi connectivity index (χ1) is 14.1. The number of nitrogens with zero attached hydrogens (tertiary/aromatic N) is 1. The summed E-state index contributed by atoms with van der Waals surface area (Å²) in [6.45, 7) is 3.20. The quantitative estimate of drug-likeness (QED) is 0.621. The molecule has 2 aromatic carbocycles. The molecule has 1 heterocycles. The summed E-state index contributed by atoms with van der Waals surface area (Å²) in [6.07, 6.45) is 6.01. The standard InChI is InChI=1S/C24H28FN3O/c1-3-13-26-18-8-9-19(15-18)28(2)24(29)17-6-4-16(5-7-17)20-10-11-22-21(23(20)25)12-14-27-22/h4-7,10-12,14,18-19,26-27H,3,8-9,13,15H2,1-2H3/t18-,19+/m0/s1. The van der Waals surface area contributed by atoms with Crippen LogP contribution in [-0.2, 0) is 0 Å². The van der Waals surface area contributed by atoms with Crippen LogP contribution in [0.1, 0.15) is 43.0 Å². The number of fused-ring (bicyclic) bond motifs is 1. The molecule has 1 aliphatic carbocycles. The van der Waals surface area contributed by atoms with Crippen LogP contribution >= 0.6 is 0 Å². The van der Waals surface area contributed by atoms with Gasteiger partial charge in [0.1, 0.15) is 5.82 Å². The number of aromatic amines is 1. The molecule has 0 unspecified atom stereocenters. The van der Waals surface area contributed by atoms with Gasteiger partial charge in [-0.2, -0.15) is 0 Å². The van der Waals surface area contributed by atoms with Crippen LogP contribution in [0.5, 0.6) is 0 Å². The van der Waals surface area contributed by atoms with Gasteiger partial charge in [-0.25, -0.2) is 4.39 Å². The van der Waals surface area contributed by atoms with Gasteiger partial charge in [-0.3, -0.25) is 4.79 Å². The average Bonchev–Trinajstić information content (AvgIpc) is 3.41. The molecule has 29 heavy (non-hydrogen) atoms. The van der Waals surface area contributed by atoms with Gasteiger partial charge >= 0.3 is 0 Å². The Morgan fingerprint density at radius 1 is 1.17 bits per heavy atom. The number of nitrogens with one attached hydrogen (secondary N) is 2. The van der Waals surface area contributed by atoms with Gasteiger partial charge in [-0.1, -0.05) is 19.1 Å². The lowest BCUT2D eigenvalue weighted by Crippen LogP contribution is -2.37. The first-order valence-corrected chi connectivity index (χ1v) is 10.4. The van der Waals surface area contributed by atoms with Gasteiger partial charge in [0.25, 0.3) is 5.91 Å². The van der Waals surface area contributed by atoms with E-state index in [0.29, 0.717) is 22.6 Å². The van der Waals surface area contributed by atoms with Crippen LogP contribution in [0.3, 0.4) is 0 Å². The minimum atomic E-state index is -0.239. The number of carbonyl (C=O) groups excluding carboxylic acids is 1. The Kier molecular flexibility index (Phi) is 5.67. The van der Waals surface area contributed by atoms with Crippen molar-refractivity contribution in [1.29, 1.82) is 0 Å². The molecule has 0 saturated heterocycles. The molecule has 152 valence electrons. The van der Waals surface area contributed by atoms with E-state index in [9.17, 15) is 9.18 Å². The van der Waals surface area contributed by atoms with Gasteiger partial charge in [0.15, 0.2) is 0 Å². The van der Waals surface area contributed by atoms with Crippen molar-refractivity contribution in [1.82, 2.24) is 15.2 Å². The topological polar surface area (TPSA) is 48.1 Å². The third kappa shape index (κ3) is 3.92. The Balaban J connectivity index is 1.47. The van der Waals surface area contributed by atoms with Crippen molar-refractivity contribution in [2.45, 2.75) is 44.7 Å². The Morgan fingerprint density at radius 3 is 2.72 bits per heavy atom. The minimum absolute atomic E-state index is 0.0271. The van der Waals surface area contributed by atoms with Gasteiger partial charge < -0.3 is 15.2 Å². The SMILES string of the molecule is CCCN[C@H]1CC[C@@H](N(C)C(=O)c2ccc(-c3ccc4[nH]ccc4c3F)cc2)C1. The van der Waals surface area contributed by atoms with Crippen molar-refractivity contribution in [2.24, 2.45) is 0 Å². The highest BCUT2D eigenvalue weighted by Gasteiger charge is 2.29. The second-order valence-electron chi connectivity index (χ2n) is 7.98. The van der Waals surface area contributed by atoms with E-state index in [1.807, 2.05) is 30.1 Å². The molecule has 0 aliphatic heterocycles. The molecule has 3 aromatic rings. The number of aromatic nitrogens is 1. The predicted molar refractivity (Wildman–Crippen MR) is 116 cm³/mol. The minimum Gasteiger partial charge on any atom is -0.361 e. The monoisotopic (exact) mass is 393 g/mol. The van der Waals surface area contributed by atoms with E-state index >= 15 is 0 Å². The fourth-order valence-corrected chi connectivity index (χ4v) is 4.32. The summed E-state index contributed by atoms with van der Waals surface area (Å²) >= 11 is 0. The lowest BCUT2D eigenvalue weighted by molar-refractivity contribution is 0.0733. The highest BCUT2D eigenvalue weighted by Crippen LogP contribution is 2.29. The summed E-state index contributed by atoms with van der Waals surface area (Å²) in [5, 5.41) is 4.14. The first kappa shape index (κ1) is 19.6. The van der Waals surface area contributed by atoms with Crippen LogP contribution < -0.4 is 5.32 Å². The van der Waals surface area contributed by atoms with Gasteiger partial charge in [0, 0.05) is 47.4 Å². The summed E-state index contributed by atoms with van der Waals surface area (Å²) in [6, 6.07) is 13.4. The van der Waals surface area contributed by atoms with Crippen molar-refractivity contribution < 1.29 is 9.18 Å². The summed E-state index contributed by atoms with van der Waals surface area (Å²) in [5.74, 6) is -0.212. The van der Waals surface area contributed by atoms with Crippen LogP contribution in [-0.4, -0.2) is 41.5 Å². The number of hydrogen-bond donors (Lipinski definition) is 2. The number of amides is 1. The van der Waals surface area contributed by atoms with Crippen molar-refractivity contribution in [3.8, 4) is 11.1 Å². The maximum absolute atomic E-state index is 14.8. The Hall–Kier alpha value is -2.66. The van der Waals surface area contributed by atoms with Crippen LogP contribution in [0.15, 0.2) is 48.7 Å². The molecule has 5 heteroatoms. The zero-order valence-corrected chi connectivity index (χ0v) is 17.0. The second kappa shape index (κ2) is 8.37. The summed E-state index contributed by atoms with van der Waals surface area (Å²) in [5.41, 5.74) is 2.74. The number of H-pyrrole nitrogens is 1. The molecular formula is C24H28FN3O. The zero-order valence-electron chi connectivity index (χ0n) is 17.0. The summed E-state index contributed by atoms with van der Waals surface area (Å²) < 4.78 is 14.8. The molecule has 1 amide bonds. The van der Waals surface area contributed by atoms with Crippen LogP contribution in [0.4, 0.5) is 4.39 Å². The zero-order chi connectivity index (χ0) is 20.4. The van der Waals surface area contributed by atoms with E-state index in [2.05, 4.69) is 17.2 Å². The molecule has 1 fully saturated rings. The van der Waals surface area contributed by atoms with E-state index < -0.39 is 0 Å². The van der Waals surface area contributed by atoms with Crippen LogP contribution in [0.25, 0.3) is 22.0 Å². The number of benzene rings is 2. The van der Waals surface area contributed by atoms with Gasteiger partial charge in [-0.05, 0) is 68.1 Å². The molecule has 0 bridgehead atoms. The smallest absolute Gasteiger partial charge is 0.253 e. The summed E-state index contributed by atoms with van der Waals surface area (Å²) in [4.78, 5) is 17.8. The second-order valence-corrected chi connectivity index (χ2v) is 7.98. The number of halogens is 1. The number of carbonyl (C=O) groups is 1. The molecule has 4 nitrogen and oxygen atoms in total. The molecule has 0 spiro atoms. The summed E-state index contributed by atoms with van der Waals surface area (Å²) in [7, 11) is 1.89. The lowest BCUT2D eigenvalue weighted by atomic mass is 10.0. The third-order valence-electron chi connectivity index (χ3n) is 6.07. The highest BCUT2D eigenvalue weighted by atomic mass is 19.1. The molecular weight excluding hydrogens is 365 g/mol. The third-order valence-corrected chi connectivity index (χ3v) is 6.07. The van der Waals surface area contributed by atoms with E-state index in [1.54, 1.807) is 30.5 Å².